The second kappa shape index (κ2) is 23.5. The van der Waals surface area contributed by atoms with E-state index in [0.717, 1.165) is 0 Å². The van der Waals surface area contributed by atoms with Crippen molar-refractivity contribution in [1.29, 1.82) is 0 Å². The van der Waals surface area contributed by atoms with Crippen molar-refractivity contribution < 1.29 is 68.3 Å². The van der Waals surface area contributed by atoms with Gasteiger partial charge in [-0.15, -0.1) is 11.8 Å². The quantitative estimate of drug-likeness (QED) is 0.0548. The summed E-state index contributed by atoms with van der Waals surface area (Å²) < 4.78 is 10.0. The van der Waals surface area contributed by atoms with Gasteiger partial charge in [-0.05, 0) is 11.2 Å². The van der Waals surface area contributed by atoms with Crippen LogP contribution >= 0.6 is 11.8 Å². The number of carboxylic acid groups (broad SMARTS) is 2. The smallest absolute Gasteiger partial charge is 0.335 e. The van der Waals surface area contributed by atoms with Crippen molar-refractivity contribution in [2.45, 2.75) is 94.5 Å². The second-order valence-electron chi connectivity index (χ2n) is 11.3. The lowest BCUT2D eigenvalue weighted by Crippen LogP contribution is -2.51. The first-order valence-corrected chi connectivity index (χ1v) is 16.1. The number of carbonyl (C=O) groups excluding carboxylic acids is 6. The van der Waals surface area contributed by atoms with Gasteiger partial charge in [0.1, 0.15) is 12.1 Å². The summed E-state index contributed by atoms with van der Waals surface area (Å²) in [4.78, 5) is 90.3. The highest BCUT2D eigenvalue weighted by Crippen LogP contribution is 2.22. The van der Waals surface area contributed by atoms with Crippen molar-refractivity contribution in [3.05, 3.63) is 0 Å². The number of carbonyl (C=O) groups is 8. The van der Waals surface area contributed by atoms with Gasteiger partial charge in [-0.1, -0.05) is 27.7 Å². The molecule has 1 fully saturated rings. The zero-order valence-electron chi connectivity index (χ0n) is 27.7. The van der Waals surface area contributed by atoms with Gasteiger partial charge in [0.25, 0.3) is 0 Å². The first kappa shape index (κ1) is 45.2. The van der Waals surface area contributed by atoms with Crippen molar-refractivity contribution in [3.63, 3.8) is 0 Å². The Morgan fingerprint density at radius 1 is 0.898 bits per heavy atom. The van der Waals surface area contributed by atoms with E-state index in [2.05, 4.69) is 21.3 Å². The number of hydrogen-bond acceptors (Lipinski definition) is 13. The first-order valence-electron chi connectivity index (χ1n) is 15.2. The molecule has 0 bridgehead atoms. The number of nitrogens with one attached hydrogen (secondary N) is 4. The van der Waals surface area contributed by atoms with Crippen molar-refractivity contribution >= 4 is 66.8 Å². The zero-order valence-corrected chi connectivity index (χ0v) is 28.5. The van der Waals surface area contributed by atoms with Gasteiger partial charge in [-0.2, -0.15) is 0 Å². The fourth-order valence-electron chi connectivity index (χ4n) is 3.88. The van der Waals surface area contributed by atoms with E-state index in [9.17, 15) is 48.6 Å². The number of rotatable bonds is 20. The van der Waals surface area contributed by atoms with Crippen LogP contribution in [0.5, 0.6) is 0 Å². The minimum absolute atomic E-state index is 0.0173. The lowest BCUT2D eigenvalue weighted by atomic mass is 10.0. The Bertz CT molecular complexity index is 1160. The normalized spacial score (nSPS) is 19.8. The number of nitrogens with two attached hydrogens (primary N) is 1. The number of thioether (sulfide) groups is 1. The number of amides is 5. The highest BCUT2D eigenvalue weighted by molar-refractivity contribution is 8.01. The number of aliphatic carboxylic acids is 2. The molecule has 49 heavy (non-hydrogen) atoms. The van der Waals surface area contributed by atoms with Gasteiger partial charge in [0.05, 0.1) is 49.6 Å². The van der Waals surface area contributed by atoms with Gasteiger partial charge in [-0.3, -0.25) is 28.8 Å². The van der Waals surface area contributed by atoms with Gasteiger partial charge < -0.3 is 61.7 Å². The van der Waals surface area contributed by atoms with Crippen LogP contribution in [0.2, 0.25) is 0 Å². The molecule has 6 atom stereocenters. The number of aliphatic hydroxyl groups excluding tert-OH is 2. The van der Waals surface area contributed by atoms with E-state index in [1.54, 1.807) is 13.8 Å². The number of ether oxygens (including phenoxy) is 2. The number of aliphatic hydroxyl groups is 2. The summed E-state index contributed by atoms with van der Waals surface area (Å²) in [6.45, 7) is 6.40. The highest BCUT2D eigenvalue weighted by atomic mass is 32.2. The van der Waals surface area contributed by atoms with Crippen LogP contribution in [0, 0.1) is 5.92 Å². The molecule has 0 spiro atoms. The van der Waals surface area contributed by atoms with E-state index in [0.29, 0.717) is 0 Å². The van der Waals surface area contributed by atoms with Crippen molar-refractivity contribution in [2.75, 3.05) is 26.2 Å². The topological polar surface area (TPSA) is 310 Å². The van der Waals surface area contributed by atoms with Gasteiger partial charge in [-0.25, -0.2) is 4.79 Å². The largest absolute Gasteiger partial charge is 0.481 e. The maximum Gasteiger partial charge on any atom is 0.335 e. The van der Waals surface area contributed by atoms with Crippen LogP contribution in [0.1, 0.15) is 53.4 Å². The molecule has 0 saturated carbocycles. The molecule has 0 aromatic carbocycles. The summed E-state index contributed by atoms with van der Waals surface area (Å²) in [5.41, 5.74) is 4.53. The fraction of sp³-hybridized carbons (Fsp3) is 0.714. The minimum Gasteiger partial charge on any atom is -0.481 e. The number of hydrogen-bond donors (Lipinski definition) is 9. The molecule has 276 valence electrons. The molecule has 0 aromatic heterocycles. The van der Waals surface area contributed by atoms with E-state index in [4.69, 9.17) is 33.3 Å². The van der Waals surface area contributed by atoms with E-state index in [1.165, 1.54) is 11.8 Å². The Morgan fingerprint density at radius 3 is 2.04 bits per heavy atom. The average Bonchev–Trinajstić information content (AvgIpc) is 2.97. The minimum atomic E-state index is -1.50. The van der Waals surface area contributed by atoms with E-state index >= 15 is 0 Å². The van der Waals surface area contributed by atoms with E-state index in [-0.39, 0.29) is 63.1 Å². The molecule has 5 amide bonds. The zero-order chi connectivity index (χ0) is 37.8. The lowest BCUT2D eigenvalue weighted by molar-refractivity contribution is -0.264. The predicted molar refractivity (Wildman–Crippen MR) is 173 cm³/mol. The van der Waals surface area contributed by atoms with Crippen LogP contribution in [-0.2, 0) is 47.8 Å². The molecular weight excluding hydrogens is 673 g/mol. The Hall–Kier alpha value is -3.79. The Labute approximate surface area is 288 Å². The Balaban J connectivity index is 0.000000977. The molecule has 1 heterocycles. The standard InChI is InChI=1S/C17H30N4O6S.C11H16BNO8/c1-9(2)15(16(18)26)21-12(22)5-6-19-13(23)8-20-17(27)11(7-14(24)25)28-10(3)4;12-7(16)4-13-8(17)1-2-20-11-6(15)3-5(14)9(21-11)10(18)19/h9-11,15H,5-8H2,1-4H3,(H2,18,26)(H,19,23)(H,20,27)(H,21,22)(H,24,25);5-6,9,11,14-15H,1-4H2,(H,13,17)(H,18,19)/t11?,15-;5?,6?,9-,11?/m00/s1. The van der Waals surface area contributed by atoms with Gasteiger partial charge in [0.2, 0.25) is 29.5 Å². The third-order valence-corrected chi connectivity index (χ3v) is 7.47. The summed E-state index contributed by atoms with van der Waals surface area (Å²) in [6.07, 6.45) is -6.02. The highest BCUT2D eigenvalue weighted by Gasteiger charge is 2.40. The molecule has 10 N–H and O–H groups in total. The van der Waals surface area contributed by atoms with Crippen molar-refractivity contribution in [1.82, 2.24) is 21.3 Å². The van der Waals surface area contributed by atoms with Crippen LogP contribution in [0.15, 0.2) is 0 Å². The molecule has 1 aliphatic heterocycles. The van der Waals surface area contributed by atoms with Crippen LogP contribution in [0.25, 0.3) is 0 Å². The number of carboxylic acids is 2. The molecule has 19 nitrogen and oxygen atoms in total. The lowest BCUT2D eigenvalue weighted by Gasteiger charge is -2.34. The van der Waals surface area contributed by atoms with Gasteiger partial charge >= 0.3 is 11.9 Å². The van der Waals surface area contributed by atoms with Crippen LogP contribution < -0.4 is 27.0 Å². The third kappa shape index (κ3) is 20.4. The van der Waals surface area contributed by atoms with Crippen LogP contribution in [0.3, 0.4) is 0 Å². The first-order chi connectivity index (χ1) is 22.7. The summed E-state index contributed by atoms with van der Waals surface area (Å²) in [6, 6.07) is -0.785. The van der Waals surface area contributed by atoms with Crippen molar-refractivity contribution in [3.8, 4) is 0 Å². The Morgan fingerprint density at radius 2 is 1.53 bits per heavy atom. The summed E-state index contributed by atoms with van der Waals surface area (Å²) in [5.74, 6) is -5.23. The van der Waals surface area contributed by atoms with Crippen LogP contribution in [0.4, 0.5) is 0 Å². The second-order valence-corrected chi connectivity index (χ2v) is 13.1. The molecule has 1 saturated heterocycles. The maximum absolute atomic E-state index is 12.1. The third-order valence-electron chi connectivity index (χ3n) is 6.22. The summed E-state index contributed by atoms with van der Waals surface area (Å²) in [7, 11) is 4.84. The molecule has 2 radical (unpaired) electrons. The predicted octanol–water partition coefficient (Wildman–Crippen LogP) is -3.65. The van der Waals surface area contributed by atoms with Gasteiger partial charge in [0.15, 0.2) is 20.2 Å². The molecule has 0 aromatic rings. The van der Waals surface area contributed by atoms with Crippen LogP contribution in [-0.4, -0.2) is 143 Å². The van der Waals surface area contributed by atoms with E-state index in [1.807, 2.05) is 13.8 Å². The molecule has 4 unspecified atom stereocenters. The molecule has 1 rings (SSSR count). The SMILES string of the molecule is CC(C)SC(CC(=O)O)C(=O)NCC(=O)NCCC(=O)N[C@H](C(N)=O)C(C)C.[B]C(=O)CNC(=O)CCOC1O[C@H](C(=O)O)C(O)CC1O. The average molecular weight is 720 g/mol. The summed E-state index contributed by atoms with van der Waals surface area (Å²) >= 11 is 1.20. The molecule has 0 aliphatic carbocycles. The fourth-order valence-corrected chi connectivity index (χ4v) is 4.99. The summed E-state index contributed by atoms with van der Waals surface area (Å²) in [5, 5.41) is 45.6. The number of primary amides is 1. The molecule has 1 aliphatic rings. The Kier molecular flexibility index (Phi) is 21.7. The maximum atomic E-state index is 12.1. The van der Waals surface area contributed by atoms with Crippen molar-refractivity contribution in [2.24, 2.45) is 11.7 Å². The monoisotopic (exact) mass is 719 g/mol. The van der Waals surface area contributed by atoms with Gasteiger partial charge in [0, 0.05) is 19.4 Å². The molecule has 21 heteroatoms. The van der Waals surface area contributed by atoms with E-state index < -0.39 is 83.1 Å². The molecular formula is C28H46BN5O14S.